The fourth-order valence-corrected chi connectivity index (χ4v) is 3.70. The van der Waals surface area contributed by atoms with Gasteiger partial charge in [-0.15, -0.1) is 11.3 Å². The van der Waals surface area contributed by atoms with Gasteiger partial charge in [0.1, 0.15) is 6.61 Å². The molecule has 3 heterocycles. The summed E-state index contributed by atoms with van der Waals surface area (Å²) in [4.78, 5) is 11.1. The summed E-state index contributed by atoms with van der Waals surface area (Å²) >= 11 is 1.74. The summed E-state index contributed by atoms with van der Waals surface area (Å²) in [5, 5.41) is 6.74. The van der Waals surface area contributed by atoms with Gasteiger partial charge < -0.3 is 15.0 Å². The van der Waals surface area contributed by atoms with Crippen molar-refractivity contribution < 1.29 is 4.74 Å². The maximum absolute atomic E-state index is 5.88. The first kappa shape index (κ1) is 14.4. The standard InChI is InChI=1S/C17H18N4OS/c1-2-4-15-14(3-1)13(12-23-15)11-22-17-10-19-9-16(20-17)21-7-5-18-6-8-21/h1-4,9-10,12,18H,5-8,11H2. The van der Waals surface area contributed by atoms with Crippen LogP contribution in [0.2, 0.25) is 0 Å². The lowest BCUT2D eigenvalue weighted by atomic mass is 10.2. The smallest absolute Gasteiger partial charge is 0.234 e. The van der Waals surface area contributed by atoms with Crippen LogP contribution in [0, 0.1) is 0 Å². The molecule has 1 N–H and O–H groups in total. The molecule has 2 aromatic heterocycles. The van der Waals surface area contributed by atoms with Gasteiger partial charge in [0.2, 0.25) is 5.88 Å². The molecule has 0 bridgehead atoms. The van der Waals surface area contributed by atoms with Crippen LogP contribution in [0.3, 0.4) is 0 Å². The molecule has 118 valence electrons. The number of anilines is 1. The van der Waals surface area contributed by atoms with Crippen LogP contribution in [0.15, 0.2) is 42.0 Å². The molecule has 0 atom stereocenters. The maximum atomic E-state index is 5.88. The third-order valence-corrected chi connectivity index (χ3v) is 4.99. The Morgan fingerprint density at radius 1 is 1.17 bits per heavy atom. The van der Waals surface area contributed by atoms with Gasteiger partial charge in [-0.2, -0.15) is 4.98 Å². The third kappa shape index (κ3) is 3.13. The molecule has 3 aromatic rings. The summed E-state index contributed by atoms with van der Waals surface area (Å²) in [5.74, 6) is 1.47. The average molecular weight is 326 g/mol. The zero-order chi connectivity index (χ0) is 15.5. The van der Waals surface area contributed by atoms with Crippen molar-refractivity contribution in [3.8, 4) is 5.88 Å². The Morgan fingerprint density at radius 3 is 2.96 bits per heavy atom. The van der Waals surface area contributed by atoms with Gasteiger partial charge in [0.05, 0.1) is 12.4 Å². The highest BCUT2D eigenvalue weighted by Crippen LogP contribution is 2.26. The number of thiophene rings is 1. The first-order valence-corrected chi connectivity index (χ1v) is 8.64. The summed E-state index contributed by atoms with van der Waals surface area (Å²) in [6, 6.07) is 8.39. The van der Waals surface area contributed by atoms with Crippen LogP contribution in [0.4, 0.5) is 5.82 Å². The lowest BCUT2D eigenvalue weighted by Gasteiger charge is -2.28. The van der Waals surface area contributed by atoms with Crippen molar-refractivity contribution in [3.63, 3.8) is 0 Å². The van der Waals surface area contributed by atoms with Gasteiger partial charge in [0.15, 0.2) is 5.82 Å². The molecule has 6 heteroatoms. The summed E-state index contributed by atoms with van der Waals surface area (Å²) in [6.45, 7) is 4.38. The van der Waals surface area contributed by atoms with E-state index >= 15 is 0 Å². The van der Waals surface area contributed by atoms with Gasteiger partial charge in [-0.25, -0.2) is 0 Å². The second-order valence-electron chi connectivity index (χ2n) is 5.50. The largest absolute Gasteiger partial charge is 0.472 e. The van der Waals surface area contributed by atoms with Crippen LogP contribution in [0.25, 0.3) is 10.1 Å². The predicted molar refractivity (Wildman–Crippen MR) is 93.3 cm³/mol. The fraction of sp³-hybridized carbons (Fsp3) is 0.294. The van der Waals surface area contributed by atoms with E-state index in [2.05, 4.69) is 49.8 Å². The molecule has 1 aliphatic rings. The zero-order valence-corrected chi connectivity index (χ0v) is 13.6. The van der Waals surface area contributed by atoms with Crippen molar-refractivity contribution in [1.82, 2.24) is 15.3 Å². The minimum atomic E-state index is 0.518. The van der Waals surface area contributed by atoms with E-state index in [1.54, 1.807) is 23.7 Å². The van der Waals surface area contributed by atoms with Crippen molar-refractivity contribution >= 4 is 27.2 Å². The number of nitrogens with zero attached hydrogens (tertiary/aromatic N) is 3. The second-order valence-corrected chi connectivity index (χ2v) is 6.41. The SMILES string of the molecule is c1ccc2c(COc3cncc(N4CCNCC4)n3)csc2c1. The first-order chi connectivity index (χ1) is 11.4. The molecule has 1 saturated heterocycles. The Kier molecular flexibility index (Phi) is 4.08. The minimum absolute atomic E-state index is 0.518. The van der Waals surface area contributed by atoms with Gasteiger partial charge in [-0.1, -0.05) is 18.2 Å². The van der Waals surface area contributed by atoms with Crippen LogP contribution < -0.4 is 15.0 Å². The van der Waals surface area contributed by atoms with Gasteiger partial charge in [-0.3, -0.25) is 4.98 Å². The van der Waals surface area contributed by atoms with Crippen LogP contribution in [0.1, 0.15) is 5.56 Å². The molecule has 0 saturated carbocycles. The normalized spacial score (nSPS) is 15.0. The molecule has 23 heavy (non-hydrogen) atoms. The van der Waals surface area contributed by atoms with Gasteiger partial charge in [0, 0.05) is 36.4 Å². The second kappa shape index (κ2) is 6.52. The molecular weight excluding hydrogens is 308 g/mol. The Bertz CT molecular complexity index is 798. The van der Waals surface area contributed by atoms with E-state index in [4.69, 9.17) is 4.74 Å². The highest BCUT2D eigenvalue weighted by Gasteiger charge is 2.13. The van der Waals surface area contributed by atoms with Crippen molar-refractivity contribution in [2.45, 2.75) is 6.61 Å². The summed E-state index contributed by atoms with van der Waals surface area (Å²) < 4.78 is 7.16. The maximum Gasteiger partial charge on any atom is 0.234 e. The van der Waals surface area contributed by atoms with Crippen molar-refractivity contribution in [3.05, 3.63) is 47.6 Å². The zero-order valence-electron chi connectivity index (χ0n) is 12.7. The molecule has 1 aromatic carbocycles. The number of rotatable bonds is 4. The van der Waals surface area contributed by atoms with E-state index in [1.165, 1.54) is 15.6 Å². The molecule has 1 aliphatic heterocycles. The minimum Gasteiger partial charge on any atom is -0.472 e. The average Bonchev–Trinajstić information content (AvgIpc) is 3.04. The van der Waals surface area contributed by atoms with E-state index in [0.29, 0.717) is 12.5 Å². The van der Waals surface area contributed by atoms with E-state index < -0.39 is 0 Å². The quantitative estimate of drug-likeness (QED) is 0.799. The third-order valence-electron chi connectivity index (χ3n) is 3.98. The summed E-state index contributed by atoms with van der Waals surface area (Å²) in [7, 11) is 0. The molecule has 4 rings (SSSR count). The molecule has 0 spiro atoms. The lowest BCUT2D eigenvalue weighted by molar-refractivity contribution is 0.294. The number of benzene rings is 1. The number of hydrogen-bond donors (Lipinski definition) is 1. The van der Waals surface area contributed by atoms with E-state index in [-0.39, 0.29) is 0 Å². The van der Waals surface area contributed by atoms with Crippen molar-refractivity contribution in [2.24, 2.45) is 0 Å². The Hall–Kier alpha value is -2.18. The number of aromatic nitrogens is 2. The van der Waals surface area contributed by atoms with Gasteiger partial charge >= 0.3 is 0 Å². The fourth-order valence-electron chi connectivity index (χ4n) is 2.75. The van der Waals surface area contributed by atoms with Crippen LogP contribution >= 0.6 is 11.3 Å². The van der Waals surface area contributed by atoms with Crippen LogP contribution in [-0.2, 0) is 6.61 Å². The molecular formula is C17H18N4OS. The number of fused-ring (bicyclic) bond motifs is 1. The van der Waals surface area contributed by atoms with E-state index in [0.717, 1.165) is 32.0 Å². The van der Waals surface area contributed by atoms with Crippen molar-refractivity contribution in [2.75, 3.05) is 31.1 Å². The van der Waals surface area contributed by atoms with E-state index in [9.17, 15) is 0 Å². The number of ether oxygens (including phenoxy) is 1. The summed E-state index contributed by atoms with van der Waals surface area (Å²) in [5.41, 5.74) is 1.19. The number of nitrogens with one attached hydrogen (secondary N) is 1. The van der Waals surface area contributed by atoms with E-state index in [1.807, 2.05) is 0 Å². The van der Waals surface area contributed by atoms with Gasteiger partial charge in [-0.05, 0) is 16.8 Å². The molecule has 0 amide bonds. The number of piperazine rings is 1. The monoisotopic (exact) mass is 326 g/mol. The molecule has 0 aliphatic carbocycles. The van der Waals surface area contributed by atoms with Gasteiger partial charge in [0.25, 0.3) is 0 Å². The van der Waals surface area contributed by atoms with Crippen LogP contribution in [0.5, 0.6) is 5.88 Å². The molecule has 0 unspecified atom stereocenters. The summed E-state index contributed by atoms with van der Waals surface area (Å²) in [6.07, 6.45) is 3.48. The van der Waals surface area contributed by atoms with Crippen LogP contribution in [-0.4, -0.2) is 36.1 Å². The topological polar surface area (TPSA) is 50.3 Å². The molecule has 5 nitrogen and oxygen atoms in total. The number of hydrogen-bond acceptors (Lipinski definition) is 6. The molecule has 1 fully saturated rings. The lowest BCUT2D eigenvalue weighted by Crippen LogP contribution is -2.43. The molecule has 0 radical (unpaired) electrons. The highest BCUT2D eigenvalue weighted by atomic mass is 32.1. The predicted octanol–water partition coefficient (Wildman–Crippen LogP) is 2.68. The first-order valence-electron chi connectivity index (χ1n) is 7.76. The Morgan fingerprint density at radius 2 is 2.04 bits per heavy atom. The van der Waals surface area contributed by atoms with Crippen molar-refractivity contribution in [1.29, 1.82) is 0 Å². The Balaban J connectivity index is 1.48. The Labute approximate surface area is 138 Å². The highest BCUT2D eigenvalue weighted by molar-refractivity contribution is 7.17.